The van der Waals surface area contributed by atoms with Gasteiger partial charge in [-0.2, -0.15) is 0 Å². The molecule has 0 radical (unpaired) electrons. The van der Waals surface area contributed by atoms with Crippen LogP contribution in [0.2, 0.25) is 0 Å². The predicted molar refractivity (Wildman–Crippen MR) is 95.0 cm³/mol. The van der Waals surface area contributed by atoms with Gasteiger partial charge in [-0.15, -0.1) is 0 Å². The van der Waals surface area contributed by atoms with Gasteiger partial charge in [0, 0.05) is 5.56 Å². The second kappa shape index (κ2) is 12.5. The van der Waals surface area contributed by atoms with E-state index >= 15 is 0 Å². The summed E-state index contributed by atoms with van der Waals surface area (Å²) in [5.74, 6) is 1.51. The predicted octanol–water partition coefficient (Wildman–Crippen LogP) is -0.750. The normalized spacial score (nSPS) is 10.4. The minimum Gasteiger partial charge on any atom is -1.00 e. The molecule has 3 N–H and O–H groups in total. The van der Waals surface area contributed by atoms with Crippen LogP contribution >= 0.6 is 11.8 Å². The third-order valence-corrected chi connectivity index (χ3v) is 4.60. The fourth-order valence-electron chi connectivity index (χ4n) is 2.11. The van der Waals surface area contributed by atoms with E-state index in [0.29, 0.717) is 23.6 Å². The second-order valence-corrected chi connectivity index (χ2v) is 6.37. The van der Waals surface area contributed by atoms with Crippen LogP contribution in [0.1, 0.15) is 44.0 Å². The molecule has 0 atom stereocenters. The number of benzene rings is 1. The van der Waals surface area contributed by atoms with Gasteiger partial charge in [0.15, 0.2) is 0 Å². The molecule has 1 rings (SSSR count). The molecule has 0 aliphatic heterocycles. The number of nitrogen functional groups attached to an aromatic ring is 1. The summed E-state index contributed by atoms with van der Waals surface area (Å²) in [7, 11) is 0. The number of nitrogens with two attached hydrogens (primary N) is 1. The van der Waals surface area contributed by atoms with Gasteiger partial charge in [0.2, 0.25) is 5.12 Å². The summed E-state index contributed by atoms with van der Waals surface area (Å²) in [6.07, 6.45) is 2.09. The van der Waals surface area contributed by atoms with Gasteiger partial charge in [0.05, 0.1) is 37.7 Å². The smallest absolute Gasteiger partial charge is 0.219 e. The SMILES string of the molecule is CCCCOc1ccc(C(=O)SCC[NH+](CC)CC)cc1N.[Cl-]. The van der Waals surface area contributed by atoms with Crippen LogP contribution in [0.25, 0.3) is 0 Å². The summed E-state index contributed by atoms with van der Waals surface area (Å²) in [5.41, 5.74) is 7.16. The zero-order valence-electron chi connectivity index (χ0n) is 14.4. The van der Waals surface area contributed by atoms with Crippen LogP contribution in [-0.4, -0.2) is 37.1 Å². The summed E-state index contributed by atoms with van der Waals surface area (Å²) >= 11 is 1.37. The Kier molecular flexibility index (Phi) is 12.0. The van der Waals surface area contributed by atoms with Crippen molar-refractivity contribution in [3.05, 3.63) is 23.8 Å². The van der Waals surface area contributed by atoms with Crippen LogP contribution in [-0.2, 0) is 0 Å². The molecule has 0 fully saturated rings. The molecule has 0 saturated carbocycles. The standard InChI is InChI=1S/C17H28N2O2S.ClH/c1-4-7-11-21-16-9-8-14(13-15(16)18)17(20)22-12-10-19(5-2)6-3;/h8-9,13H,4-7,10-12,18H2,1-3H3;1H. The molecule has 0 saturated heterocycles. The fraction of sp³-hybridized carbons (Fsp3) is 0.588. The van der Waals surface area contributed by atoms with Crippen molar-refractivity contribution in [3.8, 4) is 5.75 Å². The number of nitrogens with one attached hydrogen (secondary N) is 1. The van der Waals surface area contributed by atoms with Crippen molar-refractivity contribution in [2.45, 2.75) is 33.6 Å². The topological polar surface area (TPSA) is 56.8 Å². The highest BCUT2D eigenvalue weighted by Gasteiger charge is 2.11. The molecule has 0 unspecified atom stereocenters. The van der Waals surface area contributed by atoms with Gasteiger partial charge in [-0.3, -0.25) is 4.79 Å². The largest absolute Gasteiger partial charge is 1.00 e. The number of quaternary nitrogens is 1. The minimum absolute atomic E-state index is 0. The minimum atomic E-state index is 0. The number of halogens is 1. The van der Waals surface area contributed by atoms with E-state index in [2.05, 4.69) is 20.8 Å². The maximum atomic E-state index is 12.2. The Morgan fingerprint density at radius 1 is 1.26 bits per heavy atom. The maximum absolute atomic E-state index is 12.2. The number of thioether (sulfide) groups is 1. The number of unbranched alkanes of at least 4 members (excludes halogenated alkanes) is 1. The van der Waals surface area contributed by atoms with E-state index in [9.17, 15) is 4.79 Å². The fourth-order valence-corrected chi connectivity index (χ4v) is 2.98. The molecule has 132 valence electrons. The Labute approximate surface area is 150 Å². The average Bonchev–Trinajstić information content (AvgIpc) is 2.53. The van der Waals surface area contributed by atoms with Crippen molar-refractivity contribution in [3.63, 3.8) is 0 Å². The van der Waals surface area contributed by atoms with Crippen LogP contribution < -0.4 is 27.8 Å². The zero-order valence-corrected chi connectivity index (χ0v) is 15.9. The molecule has 1 aromatic carbocycles. The van der Waals surface area contributed by atoms with E-state index in [1.54, 1.807) is 18.2 Å². The number of carbonyl (C=O) groups is 1. The first-order valence-corrected chi connectivity index (χ1v) is 9.13. The van der Waals surface area contributed by atoms with Gasteiger partial charge in [0.1, 0.15) is 5.75 Å². The number of ether oxygens (including phenoxy) is 1. The lowest BCUT2D eigenvalue weighted by atomic mass is 10.2. The summed E-state index contributed by atoms with van der Waals surface area (Å²) in [4.78, 5) is 13.7. The van der Waals surface area contributed by atoms with E-state index in [-0.39, 0.29) is 17.5 Å². The molecule has 0 heterocycles. The lowest BCUT2D eigenvalue weighted by Crippen LogP contribution is -3.11. The third kappa shape index (κ3) is 7.95. The van der Waals surface area contributed by atoms with Gasteiger partial charge in [-0.25, -0.2) is 0 Å². The Balaban J connectivity index is 0.00000484. The Bertz CT molecular complexity index is 468. The van der Waals surface area contributed by atoms with E-state index in [0.717, 1.165) is 38.2 Å². The number of hydrogen-bond donors (Lipinski definition) is 2. The maximum Gasteiger partial charge on any atom is 0.219 e. The van der Waals surface area contributed by atoms with Gasteiger partial charge in [0.25, 0.3) is 0 Å². The van der Waals surface area contributed by atoms with Crippen molar-refractivity contribution >= 4 is 22.6 Å². The van der Waals surface area contributed by atoms with Crippen LogP contribution in [0.3, 0.4) is 0 Å². The van der Waals surface area contributed by atoms with Crippen molar-refractivity contribution in [2.24, 2.45) is 0 Å². The summed E-state index contributed by atoms with van der Waals surface area (Å²) in [6, 6.07) is 5.33. The molecule has 0 aliphatic carbocycles. The number of rotatable bonds is 10. The molecule has 0 aliphatic rings. The van der Waals surface area contributed by atoms with E-state index in [1.807, 2.05) is 0 Å². The zero-order chi connectivity index (χ0) is 16.4. The summed E-state index contributed by atoms with van der Waals surface area (Å²) < 4.78 is 5.61. The number of hydrogen-bond acceptors (Lipinski definition) is 4. The Morgan fingerprint density at radius 2 is 1.96 bits per heavy atom. The second-order valence-electron chi connectivity index (χ2n) is 5.30. The average molecular weight is 361 g/mol. The summed E-state index contributed by atoms with van der Waals surface area (Å²) in [6.45, 7) is 10.3. The number of carbonyl (C=O) groups excluding carboxylic acids is 1. The van der Waals surface area contributed by atoms with Crippen molar-refractivity contribution in [2.75, 3.05) is 37.7 Å². The molecule has 6 heteroatoms. The van der Waals surface area contributed by atoms with Crippen LogP contribution in [0, 0.1) is 0 Å². The molecule has 1 aromatic rings. The van der Waals surface area contributed by atoms with Gasteiger partial charge >= 0.3 is 0 Å². The quantitative estimate of drug-likeness (QED) is 0.426. The van der Waals surface area contributed by atoms with E-state index in [4.69, 9.17) is 10.5 Å². The molecule has 0 aromatic heterocycles. The van der Waals surface area contributed by atoms with Crippen molar-refractivity contribution in [1.82, 2.24) is 0 Å². The van der Waals surface area contributed by atoms with Gasteiger partial charge in [-0.1, -0.05) is 25.1 Å². The Hall–Kier alpha value is -0.910. The Morgan fingerprint density at radius 3 is 2.52 bits per heavy atom. The highest BCUT2D eigenvalue weighted by molar-refractivity contribution is 8.14. The lowest BCUT2D eigenvalue weighted by Gasteiger charge is -2.14. The first-order valence-electron chi connectivity index (χ1n) is 8.15. The number of anilines is 1. The monoisotopic (exact) mass is 360 g/mol. The highest BCUT2D eigenvalue weighted by atomic mass is 35.5. The third-order valence-electron chi connectivity index (χ3n) is 3.69. The van der Waals surface area contributed by atoms with E-state index in [1.165, 1.54) is 16.7 Å². The molecule has 0 bridgehead atoms. The summed E-state index contributed by atoms with van der Waals surface area (Å²) in [5, 5.41) is 0.0818. The van der Waals surface area contributed by atoms with Gasteiger partial charge in [-0.05, 0) is 38.5 Å². The molecule has 4 nitrogen and oxygen atoms in total. The van der Waals surface area contributed by atoms with Crippen molar-refractivity contribution in [1.29, 1.82) is 0 Å². The van der Waals surface area contributed by atoms with Gasteiger partial charge < -0.3 is 27.8 Å². The van der Waals surface area contributed by atoms with Crippen molar-refractivity contribution < 1.29 is 26.8 Å². The molecule has 0 amide bonds. The first kappa shape index (κ1) is 22.1. The molecule has 23 heavy (non-hydrogen) atoms. The lowest BCUT2D eigenvalue weighted by molar-refractivity contribution is -0.893. The first-order chi connectivity index (χ1) is 10.6. The van der Waals surface area contributed by atoms with Crippen LogP contribution in [0.15, 0.2) is 18.2 Å². The molecular formula is C17H29ClN2O2S. The highest BCUT2D eigenvalue weighted by Crippen LogP contribution is 2.24. The molecular weight excluding hydrogens is 332 g/mol. The van der Waals surface area contributed by atoms with E-state index < -0.39 is 0 Å². The van der Waals surface area contributed by atoms with Crippen LogP contribution in [0.5, 0.6) is 5.75 Å². The van der Waals surface area contributed by atoms with Crippen LogP contribution in [0.4, 0.5) is 5.69 Å². The molecule has 0 spiro atoms.